The monoisotopic (exact) mass is 272 g/mol. The smallest absolute Gasteiger partial charge is 0.306 e. The fourth-order valence-electron chi connectivity index (χ4n) is 1.38. The van der Waals surface area contributed by atoms with Gasteiger partial charge in [0.05, 0.1) is 10.4 Å². The van der Waals surface area contributed by atoms with Crippen LogP contribution in [0.5, 0.6) is 5.75 Å². The third-order valence-electron chi connectivity index (χ3n) is 2.26. The van der Waals surface area contributed by atoms with Gasteiger partial charge in [-0.15, -0.1) is 0 Å². The number of aryl methyl sites for hydroxylation is 1. The Morgan fingerprint density at radius 3 is 2.60 bits per heavy atom. The normalized spacial score (nSPS) is 12.5. The maximum atomic E-state index is 10.7. The molecule has 0 saturated heterocycles. The fourth-order valence-corrected chi connectivity index (χ4v) is 1.61. The molecule has 0 aromatic heterocycles. The first-order chi connectivity index (χ1) is 6.91. The van der Waals surface area contributed by atoms with Crippen LogP contribution in [0.25, 0.3) is 0 Å². The lowest BCUT2D eigenvalue weighted by Gasteiger charge is -2.09. The summed E-state index contributed by atoms with van der Waals surface area (Å²) < 4.78 is 0.661. The van der Waals surface area contributed by atoms with E-state index in [9.17, 15) is 9.90 Å². The molecule has 0 fully saturated rings. The number of carboxylic acid groups (broad SMARTS) is 1. The minimum absolute atomic E-state index is 0.155. The SMILES string of the molecule is Cc1cc(CC(C)C(=O)O)cc(O)c1Br. The molecule has 0 radical (unpaired) electrons. The Balaban J connectivity index is 2.92. The van der Waals surface area contributed by atoms with E-state index in [-0.39, 0.29) is 5.75 Å². The van der Waals surface area contributed by atoms with E-state index in [0.717, 1.165) is 11.1 Å². The van der Waals surface area contributed by atoms with Crippen LogP contribution in [-0.4, -0.2) is 16.2 Å². The molecule has 3 nitrogen and oxygen atoms in total. The number of aromatic hydroxyl groups is 1. The lowest BCUT2D eigenvalue weighted by molar-refractivity contribution is -0.141. The van der Waals surface area contributed by atoms with Gasteiger partial charge in [-0.2, -0.15) is 0 Å². The van der Waals surface area contributed by atoms with E-state index in [1.807, 2.05) is 13.0 Å². The van der Waals surface area contributed by atoms with Crippen molar-refractivity contribution in [2.75, 3.05) is 0 Å². The van der Waals surface area contributed by atoms with Gasteiger partial charge in [0.25, 0.3) is 0 Å². The highest BCUT2D eigenvalue weighted by molar-refractivity contribution is 9.10. The molecule has 2 N–H and O–H groups in total. The molecule has 82 valence electrons. The van der Waals surface area contributed by atoms with Crippen molar-refractivity contribution in [2.45, 2.75) is 20.3 Å². The number of rotatable bonds is 3. The van der Waals surface area contributed by atoms with E-state index in [4.69, 9.17) is 5.11 Å². The van der Waals surface area contributed by atoms with Crippen molar-refractivity contribution in [1.82, 2.24) is 0 Å². The highest BCUT2D eigenvalue weighted by Crippen LogP contribution is 2.29. The molecule has 1 aromatic rings. The number of aliphatic carboxylic acids is 1. The minimum atomic E-state index is -0.824. The van der Waals surface area contributed by atoms with Gasteiger partial charge in [-0.3, -0.25) is 4.79 Å². The van der Waals surface area contributed by atoms with Crippen molar-refractivity contribution in [1.29, 1.82) is 0 Å². The van der Waals surface area contributed by atoms with Gasteiger partial charge >= 0.3 is 5.97 Å². The summed E-state index contributed by atoms with van der Waals surface area (Å²) >= 11 is 3.24. The molecule has 4 heteroatoms. The number of phenols is 1. The maximum absolute atomic E-state index is 10.7. The summed E-state index contributed by atoms with van der Waals surface area (Å²) in [5, 5.41) is 18.3. The van der Waals surface area contributed by atoms with Gasteiger partial charge in [0.2, 0.25) is 0 Å². The highest BCUT2D eigenvalue weighted by atomic mass is 79.9. The Labute approximate surface area is 96.9 Å². The second kappa shape index (κ2) is 4.66. The van der Waals surface area contributed by atoms with Crippen LogP contribution in [0.2, 0.25) is 0 Å². The molecule has 0 spiro atoms. The first-order valence-electron chi connectivity index (χ1n) is 4.62. The van der Waals surface area contributed by atoms with Crippen LogP contribution in [0.15, 0.2) is 16.6 Å². The summed E-state index contributed by atoms with van der Waals surface area (Å²) in [6.07, 6.45) is 0.428. The molecule has 1 rings (SSSR count). The number of halogens is 1. The third-order valence-corrected chi connectivity index (χ3v) is 3.29. The number of hydrogen-bond acceptors (Lipinski definition) is 2. The molecule has 0 amide bonds. The Bertz CT molecular complexity index is 364. The fraction of sp³-hybridized carbons (Fsp3) is 0.364. The van der Waals surface area contributed by atoms with E-state index in [0.29, 0.717) is 10.9 Å². The lowest BCUT2D eigenvalue weighted by atomic mass is 10.00. The lowest BCUT2D eigenvalue weighted by Crippen LogP contribution is -2.12. The van der Waals surface area contributed by atoms with Gasteiger partial charge < -0.3 is 10.2 Å². The zero-order chi connectivity index (χ0) is 11.6. The van der Waals surface area contributed by atoms with Crippen LogP contribution >= 0.6 is 15.9 Å². The maximum Gasteiger partial charge on any atom is 0.306 e. The van der Waals surface area contributed by atoms with E-state index in [1.54, 1.807) is 13.0 Å². The predicted molar refractivity (Wildman–Crippen MR) is 61.0 cm³/mol. The van der Waals surface area contributed by atoms with Crippen molar-refractivity contribution >= 4 is 21.9 Å². The van der Waals surface area contributed by atoms with Crippen LogP contribution in [-0.2, 0) is 11.2 Å². The molecule has 1 unspecified atom stereocenters. The van der Waals surface area contributed by atoms with E-state index >= 15 is 0 Å². The van der Waals surface area contributed by atoms with Crippen LogP contribution < -0.4 is 0 Å². The van der Waals surface area contributed by atoms with Gasteiger partial charge in [0, 0.05) is 0 Å². The van der Waals surface area contributed by atoms with E-state index < -0.39 is 11.9 Å². The van der Waals surface area contributed by atoms with Crippen LogP contribution in [0.4, 0.5) is 0 Å². The molecule has 0 aliphatic heterocycles. The largest absolute Gasteiger partial charge is 0.507 e. The number of hydrogen-bond donors (Lipinski definition) is 2. The van der Waals surface area contributed by atoms with Gasteiger partial charge in [-0.05, 0) is 46.5 Å². The number of carboxylic acids is 1. The van der Waals surface area contributed by atoms with Gasteiger partial charge in [0.1, 0.15) is 5.75 Å². The standard InChI is InChI=1S/C11H13BrO3/c1-6-3-8(4-7(2)11(14)15)5-9(13)10(6)12/h3,5,7,13H,4H2,1-2H3,(H,14,15). The molecule has 0 saturated carbocycles. The van der Waals surface area contributed by atoms with Gasteiger partial charge in [0.15, 0.2) is 0 Å². The number of phenolic OH excluding ortho intramolecular Hbond substituents is 1. The molecule has 1 aromatic carbocycles. The first kappa shape index (κ1) is 12.0. The molecular formula is C11H13BrO3. The van der Waals surface area contributed by atoms with Crippen molar-refractivity contribution in [2.24, 2.45) is 5.92 Å². The number of benzene rings is 1. The summed E-state index contributed by atoms with van der Waals surface area (Å²) in [7, 11) is 0. The molecular weight excluding hydrogens is 260 g/mol. The van der Waals surface area contributed by atoms with Crippen LogP contribution in [0.1, 0.15) is 18.1 Å². The Hall–Kier alpha value is -1.03. The first-order valence-corrected chi connectivity index (χ1v) is 5.42. The summed E-state index contributed by atoms with van der Waals surface area (Å²) in [6, 6.07) is 3.47. The van der Waals surface area contributed by atoms with Crippen LogP contribution in [0, 0.1) is 12.8 Å². The summed E-state index contributed by atoms with van der Waals surface area (Å²) in [6.45, 7) is 3.51. The average Bonchev–Trinajstić information content (AvgIpc) is 2.13. The van der Waals surface area contributed by atoms with E-state index in [2.05, 4.69) is 15.9 Å². The van der Waals surface area contributed by atoms with Crippen molar-refractivity contribution < 1.29 is 15.0 Å². The molecule has 1 atom stereocenters. The van der Waals surface area contributed by atoms with Crippen molar-refractivity contribution in [3.05, 3.63) is 27.7 Å². The summed E-state index contributed by atoms with van der Waals surface area (Å²) in [5.41, 5.74) is 1.74. The van der Waals surface area contributed by atoms with Crippen molar-refractivity contribution in [3.8, 4) is 5.75 Å². The average molecular weight is 273 g/mol. The molecule has 15 heavy (non-hydrogen) atoms. The second-order valence-corrected chi connectivity index (χ2v) is 4.48. The molecule has 0 bridgehead atoms. The summed E-state index contributed by atoms with van der Waals surface area (Å²) in [5.74, 6) is -1.11. The zero-order valence-corrected chi connectivity index (χ0v) is 10.2. The zero-order valence-electron chi connectivity index (χ0n) is 8.62. The topological polar surface area (TPSA) is 57.5 Å². The highest BCUT2D eigenvalue weighted by Gasteiger charge is 2.13. The van der Waals surface area contributed by atoms with Gasteiger partial charge in [-0.1, -0.05) is 13.0 Å². The van der Waals surface area contributed by atoms with Crippen molar-refractivity contribution in [3.63, 3.8) is 0 Å². The van der Waals surface area contributed by atoms with Gasteiger partial charge in [-0.25, -0.2) is 0 Å². The summed E-state index contributed by atoms with van der Waals surface area (Å²) in [4.78, 5) is 10.7. The molecule has 0 heterocycles. The Morgan fingerprint density at radius 2 is 2.13 bits per heavy atom. The predicted octanol–water partition coefficient (Wildman–Crippen LogP) is 2.73. The Kier molecular flexibility index (Phi) is 3.74. The molecule has 0 aliphatic carbocycles. The van der Waals surface area contributed by atoms with E-state index in [1.165, 1.54) is 0 Å². The minimum Gasteiger partial charge on any atom is -0.507 e. The molecule has 0 aliphatic rings. The second-order valence-electron chi connectivity index (χ2n) is 3.69. The number of carbonyl (C=O) groups is 1. The Morgan fingerprint density at radius 1 is 1.53 bits per heavy atom. The quantitative estimate of drug-likeness (QED) is 0.890. The van der Waals surface area contributed by atoms with Crippen LogP contribution in [0.3, 0.4) is 0 Å². The third kappa shape index (κ3) is 2.96.